The monoisotopic (exact) mass is 551 g/mol. The van der Waals surface area contributed by atoms with Crippen molar-refractivity contribution in [1.82, 2.24) is 4.90 Å². The second-order valence-electron chi connectivity index (χ2n) is 11.0. The third-order valence-electron chi connectivity index (χ3n) is 7.04. The van der Waals surface area contributed by atoms with Gasteiger partial charge in [0.1, 0.15) is 0 Å². The molecule has 206 valence electrons. The van der Waals surface area contributed by atoms with Crippen molar-refractivity contribution < 1.29 is 21.7 Å². The van der Waals surface area contributed by atoms with Crippen molar-refractivity contribution >= 4 is 18.2 Å². The summed E-state index contributed by atoms with van der Waals surface area (Å²) in [6.07, 6.45) is 8.22. The van der Waals surface area contributed by atoms with Crippen LogP contribution >= 0.6 is 0 Å². The van der Waals surface area contributed by atoms with Gasteiger partial charge in [0.15, 0.2) is 0 Å². The van der Waals surface area contributed by atoms with Crippen LogP contribution in [0.2, 0.25) is 11.6 Å². The summed E-state index contributed by atoms with van der Waals surface area (Å²) in [4.78, 5) is 2.29. The fourth-order valence-corrected chi connectivity index (χ4v) is 4.92. The first-order chi connectivity index (χ1) is 17.8. The Hall–Kier alpha value is -1.14. The number of para-hydroxylation sites is 2. The van der Waals surface area contributed by atoms with Crippen LogP contribution in [0.4, 0.5) is 11.4 Å². The molecule has 0 amide bonds. The van der Waals surface area contributed by atoms with Gasteiger partial charge in [-0.2, -0.15) is 0 Å². The minimum Gasteiger partial charge on any atom is -0.701 e. The van der Waals surface area contributed by atoms with E-state index in [4.69, 9.17) is 5.64 Å². The smallest absolute Gasteiger partial charge is 0.701 e. The second-order valence-corrected chi connectivity index (χ2v) is 11.0. The normalized spacial score (nSPS) is 18.2. The first kappa shape index (κ1) is 34.9. The van der Waals surface area contributed by atoms with E-state index in [0.29, 0.717) is 18.9 Å². The molecule has 2 saturated heterocycles. The molecular formula is C31H50BN5Ti. The Balaban J connectivity index is 0.000000284. The number of hydrogen-bond acceptors (Lipinski definition) is 1. The number of likely N-dealkylation sites (N-methyl/N-ethyl adjacent to an activating group) is 1. The summed E-state index contributed by atoms with van der Waals surface area (Å²) < 4.78 is 0. The van der Waals surface area contributed by atoms with E-state index in [9.17, 15) is 0 Å². The van der Waals surface area contributed by atoms with E-state index in [1.54, 1.807) is 0 Å². The number of nitrogens with one attached hydrogen (secondary N) is 1. The van der Waals surface area contributed by atoms with Crippen molar-refractivity contribution in [1.29, 1.82) is 0 Å². The zero-order valence-corrected chi connectivity index (χ0v) is 26.1. The molecule has 2 aliphatic rings. The van der Waals surface area contributed by atoms with Crippen molar-refractivity contribution in [2.45, 2.75) is 89.9 Å². The van der Waals surface area contributed by atoms with Gasteiger partial charge in [0.2, 0.25) is 0 Å². The molecule has 4 rings (SSSR count). The van der Waals surface area contributed by atoms with Crippen LogP contribution in [0.3, 0.4) is 0 Å². The quantitative estimate of drug-likeness (QED) is 0.271. The van der Waals surface area contributed by atoms with Crippen molar-refractivity contribution in [3.63, 3.8) is 0 Å². The maximum Gasteiger partial charge on any atom is 4.00 e. The Morgan fingerprint density at radius 2 is 1.11 bits per heavy atom. The van der Waals surface area contributed by atoms with Crippen LogP contribution in [0.15, 0.2) is 60.7 Å². The van der Waals surface area contributed by atoms with E-state index in [-0.39, 0.29) is 21.7 Å². The van der Waals surface area contributed by atoms with E-state index >= 15 is 0 Å². The fourth-order valence-electron chi connectivity index (χ4n) is 4.92. The molecule has 38 heavy (non-hydrogen) atoms. The molecule has 0 aliphatic carbocycles. The van der Waals surface area contributed by atoms with E-state index < -0.39 is 0 Å². The zero-order valence-electron chi connectivity index (χ0n) is 24.5. The van der Waals surface area contributed by atoms with Gasteiger partial charge in [-0.15, -0.1) is 36.5 Å². The van der Waals surface area contributed by atoms with Crippen LogP contribution < -0.4 is 0 Å². The summed E-state index contributed by atoms with van der Waals surface area (Å²) in [6.45, 7) is 12.8. The molecule has 1 N–H and O–H groups in total. The molecule has 2 aliphatic heterocycles. The summed E-state index contributed by atoms with van der Waals surface area (Å²) in [6, 6.07) is 20.8. The van der Waals surface area contributed by atoms with Crippen LogP contribution in [-0.2, 0) is 21.7 Å². The Morgan fingerprint density at radius 1 is 0.737 bits per heavy atom. The van der Waals surface area contributed by atoms with Gasteiger partial charge in [0.05, 0.1) is 0 Å². The first-order valence-corrected chi connectivity index (χ1v) is 14.4. The van der Waals surface area contributed by atoms with Gasteiger partial charge in [-0.1, -0.05) is 139 Å². The molecule has 0 saturated carbocycles. The topological polar surface area (TPSA) is 69.3 Å². The number of fused-ring (bicyclic) bond motifs is 2. The van der Waals surface area contributed by atoms with Gasteiger partial charge in [-0.3, -0.25) is 0 Å². The largest absolute Gasteiger partial charge is 4.00 e. The zero-order chi connectivity index (χ0) is 26.9. The standard InChI is InChI=1S/C12H10N.C11H25N3.C8H15BN.Ti/c1-3-7-11(8-4-1)13-12-9-5-2-6-10-12;1-10(2)12-6-8-14(5)9-7-13-11(3)4;10-9-7-3-1-4-8(9)6-2-5-7;/h1-10H;10-11H,6-9H2,1-5H3;7-8,10H,1-6H2;/q-1;-2;-1;+4. The van der Waals surface area contributed by atoms with Crippen molar-refractivity contribution in [3.05, 3.63) is 82.3 Å². The Kier molecular flexibility index (Phi) is 19.0. The number of benzene rings is 2. The number of rotatable bonds is 10. The van der Waals surface area contributed by atoms with Gasteiger partial charge < -0.3 is 26.5 Å². The van der Waals surface area contributed by atoms with Crippen LogP contribution in [0.1, 0.15) is 66.2 Å². The van der Waals surface area contributed by atoms with Crippen LogP contribution in [0.25, 0.3) is 21.6 Å². The van der Waals surface area contributed by atoms with Gasteiger partial charge in [-0.25, -0.2) is 0 Å². The van der Waals surface area contributed by atoms with Crippen molar-refractivity contribution in [3.8, 4) is 0 Å². The summed E-state index contributed by atoms with van der Waals surface area (Å²) in [7, 11) is 2.13. The van der Waals surface area contributed by atoms with Crippen LogP contribution in [-0.4, -0.2) is 57.1 Å². The predicted octanol–water partition coefficient (Wildman–Crippen LogP) is 9.64. The maximum atomic E-state index is 7.89. The van der Waals surface area contributed by atoms with Crippen LogP contribution in [0.5, 0.6) is 0 Å². The third kappa shape index (κ3) is 15.5. The summed E-state index contributed by atoms with van der Waals surface area (Å²) in [5.41, 5.74) is 9.87. The van der Waals surface area contributed by atoms with Gasteiger partial charge >= 0.3 is 21.7 Å². The minimum atomic E-state index is 0. The van der Waals surface area contributed by atoms with Crippen molar-refractivity contribution in [2.75, 3.05) is 33.2 Å². The summed E-state index contributed by atoms with van der Waals surface area (Å²) in [5.74, 6) is 1.57. The van der Waals surface area contributed by atoms with E-state index in [0.717, 1.165) is 49.2 Å². The van der Waals surface area contributed by atoms with E-state index in [1.165, 1.54) is 38.5 Å². The average Bonchev–Trinajstić information content (AvgIpc) is 2.86. The summed E-state index contributed by atoms with van der Waals surface area (Å²) in [5, 5.41) is 13.3. The Labute approximate surface area is 249 Å². The maximum absolute atomic E-state index is 7.89. The third-order valence-corrected chi connectivity index (χ3v) is 7.04. The molecule has 0 unspecified atom stereocenters. The van der Waals surface area contributed by atoms with Crippen molar-refractivity contribution in [2.24, 2.45) is 0 Å². The average molecular weight is 551 g/mol. The molecule has 0 radical (unpaired) electrons. The SMILES string of the molecule is CC(C)[N-]CCN(C)CC[N-]C(C)C.[NH-]B1C2CCCC1CCC2.[Ti+4].c1ccc([N-]c2ccccc2)cc1. The van der Waals surface area contributed by atoms with Gasteiger partial charge in [0, 0.05) is 6.85 Å². The molecule has 0 aromatic heterocycles. The Bertz CT molecular complexity index is 735. The molecule has 0 spiro atoms. The molecule has 7 heteroatoms. The molecule has 2 heterocycles. The van der Waals surface area contributed by atoms with Gasteiger partial charge in [-0.05, 0) is 20.1 Å². The van der Waals surface area contributed by atoms with Gasteiger partial charge in [0.25, 0.3) is 0 Å². The molecule has 2 bridgehead atoms. The van der Waals surface area contributed by atoms with E-state index in [1.807, 2.05) is 60.7 Å². The molecule has 2 aromatic rings. The molecule has 2 aromatic carbocycles. The molecule has 2 fully saturated rings. The number of hydrogen-bond donors (Lipinski definition) is 0. The number of nitrogens with zero attached hydrogens (tertiary/aromatic N) is 4. The van der Waals surface area contributed by atoms with E-state index in [2.05, 4.69) is 55.6 Å². The first-order valence-electron chi connectivity index (χ1n) is 14.4. The predicted molar refractivity (Wildman–Crippen MR) is 165 cm³/mol. The fraction of sp³-hybridized carbons (Fsp3) is 0.613. The minimum absolute atomic E-state index is 0. The second kappa shape index (κ2) is 20.7. The Morgan fingerprint density at radius 3 is 1.42 bits per heavy atom. The molecule has 0 atom stereocenters. The molecular weight excluding hydrogens is 501 g/mol. The molecule has 5 nitrogen and oxygen atoms in total. The summed E-state index contributed by atoms with van der Waals surface area (Å²) >= 11 is 0. The van der Waals surface area contributed by atoms with Crippen LogP contribution in [0, 0.1) is 0 Å².